The highest BCUT2D eigenvalue weighted by Crippen LogP contribution is 2.16. The number of nitrogens with zero attached hydrogens (tertiary/aromatic N) is 1. The summed E-state index contributed by atoms with van der Waals surface area (Å²) in [6, 6.07) is 4.31. The van der Waals surface area contributed by atoms with Crippen LogP contribution < -0.4 is 10.6 Å². The van der Waals surface area contributed by atoms with Crippen molar-refractivity contribution in [2.75, 3.05) is 13.1 Å². The molecule has 4 nitrogen and oxygen atoms in total. The molecule has 0 amide bonds. The van der Waals surface area contributed by atoms with Crippen LogP contribution in [0.15, 0.2) is 23.2 Å². The fourth-order valence-electron chi connectivity index (χ4n) is 1.54. The predicted octanol–water partition coefficient (Wildman–Crippen LogP) is 3.00. The Bertz CT molecular complexity index is 427. The summed E-state index contributed by atoms with van der Waals surface area (Å²) in [6.45, 7) is 6.15. The van der Waals surface area contributed by atoms with Crippen LogP contribution in [0.2, 0.25) is 0 Å². The molecule has 3 N–H and O–H groups in total. The van der Waals surface area contributed by atoms with E-state index in [1.54, 1.807) is 6.07 Å². The lowest BCUT2D eigenvalue weighted by Crippen LogP contribution is -2.37. The van der Waals surface area contributed by atoms with E-state index in [-0.39, 0.29) is 29.7 Å². The van der Waals surface area contributed by atoms with E-state index in [0.29, 0.717) is 6.54 Å². The van der Waals surface area contributed by atoms with Gasteiger partial charge in [0, 0.05) is 13.1 Å². The number of phenolic OH excluding ortho intramolecular Hbond substituents is 1. The van der Waals surface area contributed by atoms with E-state index in [1.165, 1.54) is 12.1 Å². The lowest BCUT2D eigenvalue weighted by atomic mass is 10.2. The van der Waals surface area contributed by atoms with Gasteiger partial charge >= 0.3 is 0 Å². The number of phenols is 1. The van der Waals surface area contributed by atoms with E-state index in [0.717, 1.165) is 37.5 Å². The molecule has 0 saturated heterocycles. The predicted molar refractivity (Wildman–Crippen MR) is 91.2 cm³/mol. The van der Waals surface area contributed by atoms with E-state index in [9.17, 15) is 4.39 Å². The maximum absolute atomic E-state index is 13.2. The number of aromatic hydroxyl groups is 1. The molecule has 1 aromatic rings. The first-order chi connectivity index (χ1) is 9.17. The first kappa shape index (κ1) is 18.9. The molecule has 0 bridgehead atoms. The van der Waals surface area contributed by atoms with Gasteiger partial charge in [-0.25, -0.2) is 9.38 Å². The van der Waals surface area contributed by atoms with Gasteiger partial charge in [-0.15, -0.1) is 24.0 Å². The van der Waals surface area contributed by atoms with Gasteiger partial charge in [-0.3, -0.25) is 0 Å². The van der Waals surface area contributed by atoms with E-state index in [4.69, 9.17) is 5.11 Å². The third-order valence-corrected chi connectivity index (χ3v) is 2.60. The Kier molecular flexibility index (Phi) is 10.1. The highest BCUT2D eigenvalue weighted by atomic mass is 127. The highest BCUT2D eigenvalue weighted by molar-refractivity contribution is 14.0. The number of aliphatic imine (C=N–C) groups is 1. The normalized spacial score (nSPS) is 10.8. The topological polar surface area (TPSA) is 56.7 Å². The zero-order valence-electron chi connectivity index (χ0n) is 11.9. The van der Waals surface area contributed by atoms with Crippen LogP contribution in [0.4, 0.5) is 4.39 Å². The van der Waals surface area contributed by atoms with Gasteiger partial charge in [-0.05, 0) is 31.0 Å². The minimum atomic E-state index is -0.614. The maximum atomic E-state index is 13.2. The van der Waals surface area contributed by atoms with Gasteiger partial charge in [0.05, 0.1) is 6.54 Å². The quantitative estimate of drug-likeness (QED) is 0.301. The molecule has 0 spiro atoms. The first-order valence-corrected chi connectivity index (χ1v) is 6.67. The van der Waals surface area contributed by atoms with Crippen LogP contribution in [0.3, 0.4) is 0 Å². The average molecular weight is 395 g/mol. The number of guanidine groups is 1. The summed E-state index contributed by atoms with van der Waals surface area (Å²) in [5.74, 6) is -0.221. The number of nitrogens with one attached hydrogen (secondary N) is 2. The van der Waals surface area contributed by atoms with Crippen molar-refractivity contribution in [3.05, 3.63) is 29.6 Å². The van der Waals surface area contributed by atoms with Crippen LogP contribution >= 0.6 is 24.0 Å². The Morgan fingerprint density at radius 2 is 2.05 bits per heavy atom. The number of halogens is 2. The smallest absolute Gasteiger partial charge is 0.191 e. The van der Waals surface area contributed by atoms with Crippen LogP contribution in [0, 0.1) is 5.82 Å². The Balaban J connectivity index is 0.00000361. The molecular weight excluding hydrogens is 372 g/mol. The first-order valence-electron chi connectivity index (χ1n) is 6.67. The van der Waals surface area contributed by atoms with Gasteiger partial charge in [-0.2, -0.15) is 0 Å². The molecule has 1 aromatic carbocycles. The minimum Gasteiger partial charge on any atom is -0.505 e. The molecule has 0 saturated carbocycles. The van der Waals surface area contributed by atoms with E-state index in [2.05, 4.69) is 22.5 Å². The molecule has 20 heavy (non-hydrogen) atoms. The van der Waals surface area contributed by atoms with E-state index >= 15 is 0 Å². The van der Waals surface area contributed by atoms with Crippen molar-refractivity contribution >= 4 is 29.9 Å². The number of benzene rings is 1. The lowest BCUT2D eigenvalue weighted by molar-refractivity contribution is 0.432. The highest BCUT2D eigenvalue weighted by Gasteiger charge is 2.02. The molecular formula is C14H23FIN3O. The second-order valence-electron chi connectivity index (χ2n) is 4.26. The molecule has 0 heterocycles. The van der Waals surface area contributed by atoms with Gasteiger partial charge in [0.2, 0.25) is 0 Å². The molecule has 0 aliphatic rings. The van der Waals surface area contributed by atoms with Crippen molar-refractivity contribution in [2.45, 2.75) is 33.2 Å². The van der Waals surface area contributed by atoms with Crippen molar-refractivity contribution in [2.24, 2.45) is 4.99 Å². The number of unbranched alkanes of at least 4 members (excludes halogenated alkanes) is 1. The summed E-state index contributed by atoms with van der Waals surface area (Å²) >= 11 is 0. The van der Waals surface area contributed by atoms with Crippen LogP contribution in [0.5, 0.6) is 5.75 Å². The van der Waals surface area contributed by atoms with Crippen molar-refractivity contribution in [1.29, 1.82) is 0 Å². The fourth-order valence-corrected chi connectivity index (χ4v) is 1.54. The summed E-state index contributed by atoms with van der Waals surface area (Å²) in [7, 11) is 0. The van der Waals surface area contributed by atoms with E-state index < -0.39 is 5.82 Å². The fraction of sp³-hybridized carbons (Fsp3) is 0.500. The Labute approximate surface area is 136 Å². The average Bonchev–Trinajstić information content (AvgIpc) is 2.40. The maximum Gasteiger partial charge on any atom is 0.191 e. The summed E-state index contributed by atoms with van der Waals surface area (Å²) in [5.41, 5.74) is 0.725. The van der Waals surface area contributed by atoms with Crippen LogP contribution in [-0.2, 0) is 6.54 Å². The summed E-state index contributed by atoms with van der Waals surface area (Å²) in [5, 5.41) is 15.5. The molecule has 0 radical (unpaired) electrons. The molecule has 6 heteroatoms. The van der Waals surface area contributed by atoms with Gasteiger partial charge in [0.25, 0.3) is 0 Å². The van der Waals surface area contributed by atoms with Crippen LogP contribution in [0.25, 0.3) is 0 Å². The zero-order valence-corrected chi connectivity index (χ0v) is 14.3. The number of hydrogen-bond acceptors (Lipinski definition) is 2. The standard InChI is InChI=1S/C14H22FN3O.HI/c1-3-5-8-17-14(16-4-2)18-10-11-6-7-13(19)12(15)9-11;/h6-7,9,19H,3-5,8,10H2,1-2H3,(H2,16,17,18);1H. The minimum absolute atomic E-state index is 0. The Morgan fingerprint density at radius 1 is 1.30 bits per heavy atom. The lowest BCUT2D eigenvalue weighted by Gasteiger charge is -2.10. The SMILES string of the molecule is CCCCNC(=NCc1ccc(O)c(F)c1)NCC.I. The molecule has 0 aliphatic carbocycles. The van der Waals surface area contributed by atoms with Crippen LogP contribution in [-0.4, -0.2) is 24.2 Å². The number of hydrogen-bond donors (Lipinski definition) is 3. The second kappa shape index (κ2) is 10.7. The third-order valence-electron chi connectivity index (χ3n) is 2.60. The summed E-state index contributed by atoms with van der Waals surface area (Å²) < 4.78 is 13.2. The molecule has 0 aromatic heterocycles. The molecule has 0 aliphatic heterocycles. The van der Waals surface area contributed by atoms with Gasteiger partial charge in [0.1, 0.15) is 0 Å². The van der Waals surface area contributed by atoms with Gasteiger partial charge in [-0.1, -0.05) is 19.4 Å². The van der Waals surface area contributed by atoms with Gasteiger partial charge in [0.15, 0.2) is 17.5 Å². The van der Waals surface area contributed by atoms with Crippen molar-refractivity contribution in [1.82, 2.24) is 10.6 Å². The Morgan fingerprint density at radius 3 is 2.65 bits per heavy atom. The summed E-state index contributed by atoms with van der Waals surface area (Å²) in [4.78, 5) is 4.37. The Hall–Kier alpha value is -1.05. The largest absolute Gasteiger partial charge is 0.505 e. The van der Waals surface area contributed by atoms with Crippen molar-refractivity contribution in [3.63, 3.8) is 0 Å². The molecule has 0 atom stereocenters. The monoisotopic (exact) mass is 395 g/mol. The van der Waals surface area contributed by atoms with Crippen molar-refractivity contribution in [3.8, 4) is 5.75 Å². The molecule has 114 valence electrons. The zero-order chi connectivity index (χ0) is 14.1. The van der Waals surface area contributed by atoms with E-state index in [1.807, 2.05) is 6.92 Å². The van der Waals surface area contributed by atoms with Gasteiger partial charge < -0.3 is 15.7 Å². The molecule has 0 fully saturated rings. The van der Waals surface area contributed by atoms with Crippen LogP contribution in [0.1, 0.15) is 32.3 Å². The third kappa shape index (κ3) is 6.93. The van der Waals surface area contributed by atoms with Crippen molar-refractivity contribution < 1.29 is 9.50 Å². The molecule has 1 rings (SSSR count). The number of rotatable bonds is 6. The second-order valence-corrected chi connectivity index (χ2v) is 4.26. The summed E-state index contributed by atoms with van der Waals surface area (Å²) in [6.07, 6.45) is 2.20. The molecule has 0 unspecified atom stereocenters.